The topological polar surface area (TPSA) is 110 Å². The Balaban J connectivity index is 1.70. The van der Waals surface area contributed by atoms with Gasteiger partial charge in [0, 0.05) is 31.9 Å². The molecule has 0 bridgehead atoms. The first-order valence-electron chi connectivity index (χ1n) is 9.36. The van der Waals surface area contributed by atoms with E-state index < -0.39 is 29.6 Å². The second kappa shape index (κ2) is 7.86. The van der Waals surface area contributed by atoms with Crippen molar-refractivity contribution in [1.29, 1.82) is 0 Å². The smallest absolute Gasteiger partial charge is 0.308 e. The molecular formula is C22H16N2O7. The van der Waals surface area contributed by atoms with Crippen LogP contribution in [0.25, 0.3) is 0 Å². The molecule has 4 rings (SSSR count). The van der Waals surface area contributed by atoms with Crippen LogP contribution in [0.4, 0.5) is 11.4 Å². The lowest BCUT2D eigenvalue weighted by atomic mass is 10.2. The number of hydrogen-bond donors (Lipinski definition) is 0. The van der Waals surface area contributed by atoms with Crippen LogP contribution in [0.3, 0.4) is 0 Å². The third-order valence-electron chi connectivity index (χ3n) is 4.62. The van der Waals surface area contributed by atoms with E-state index in [2.05, 4.69) is 0 Å². The SMILES string of the molecule is CC(=O)Oc1ccc(Oc2ccc(N3C(=O)C=CC3=O)cc2N2C(=O)CCC2=O)cc1. The third kappa shape index (κ3) is 3.93. The summed E-state index contributed by atoms with van der Waals surface area (Å²) in [7, 11) is 0. The summed E-state index contributed by atoms with van der Waals surface area (Å²) in [5.74, 6) is -1.45. The predicted octanol–water partition coefficient (Wildman–Crippen LogP) is 2.49. The van der Waals surface area contributed by atoms with Crippen LogP contribution in [0.1, 0.15) is 19.8 Å². The standard InChI is InChI=1S/C22H16N2O7/c1-13(25)30-15-3-5-16(6-4-15)31-18-7-2-14(23-19(26)8-9-20(23)27)12-17(18)24-21(28)10-11-22(24)29/h2-9,12H,10-11H2,1H3. The molecule has 31 heavy (non-hydrogen) atoms. The highest BCUT2D eigenvalue weighted by molar-refractivity contribution is 6.28. The van der Waals surface area contributed by atoms with E-state index in [1.54, 1.807) is 12.1 Å². The van der Waals surface area contributed by atoms with E-state index in [0.29, 0.717) is 11.5 Å². The van der Waals surface area contributed by atoms with Gasteiger partial charge >= 0.3 is 5.97 Å². The van der Waals surface area contributed by atoms with E-state index in [4.69, 9.17) is 9.47 Å². The van der Waals surface area contributed by atoms with Gasteiger partial charge in [0.05, 0.1) is 11.4 Å². The van der Waals surface area contributed by atoms with E-state index in [1.165, 1.54) is 37.3 Å². The summed E-state index contributed by atoms with van der Waals surface area (Å²) in [5, 5.41) is 0. The molecule has 156 valence electrons. The monoisotopic (exact) mass is 420 g/mol. The van der Waals surface area contributed by atoms with E-state index in [1.807, 2.05) is 0 Å². The van der Waals surface area contributed by atoms with E-state index in [0.717, 1.165) is 22.0 Å². The molecule has 0 saturated carbocycles. The molecule has 0 N–H and O–H groups in total. The summed E-state index contributed by atoms with van der Waals surface area (Å²) in [6.07, 6.45) is 2.40. The van der Waals surface area contributed by atoms with Crippen molar-refractivity contribution >= 4 is 41.0 Å². The second-order valence-electron chi connectivity index (χ2n) is 6.79. The van der Waals surface area contributed by atoms with Crippen LogP contribution < -0.4 is 19.3 Å². The van der Waals surface area contributed by atoms with Gasteiger partial charge in [-0.15, -0.1) is 0 Å². The number of carbonyl (C=O) groups excluding carboxylic acids is 5. The first-order valence-corrected chi connectivity index (χ1v) is 9.36. The van der Waals surface area contributed by atoms with Gasteiger partial charge in [-0.3, -0.25) is 24.0 Å². The summed E-state index contributed by atoms with van der Waals surface area (Å²) >= 11 is 0. The number of ether oxygens (including phenoxy) is 2. The number of hydrogen-bond acceptors (Lipinski definition) is 7. The average molecular weight is 420 g/mol. The number of imide groups is 2. The van der Waals surface area contributed by atoms with Crippen molar-refractivity contribution < 1.29 is 33.4 Å². The Morgan fingerprint density at radius 1 is 0.806 bits per heavy atom. The van der Waals surface area contributed by atoms with Crippen LogP contribution in [0, 0.1) is 0 Å². The molecule has 0 radical (unpaired) electrons. The molecule has 2 aromatic rings. The average Bonchev–Trinajstić information content (AvgIpc) is 3.24. The largest absolute Gasteiger partial charge is 0.455 e. The van der Waals surface area contributed by atoms with Gasteiger partial charge in [0.25, 0.3) is 11.8 Å². The van der Waals surface area contributed by atoms with Gasteiger partial charge in [0.1, 0.15) is 11.5 Å². The molecule has 0 unspecified atom stereocenters. The zero-order valence-electron chi connectivity index (χ0n) is 16.4. The Morgan fingerprint density at radius 2 is 1.39 bits per heavy atom. The van der Waals surface area contributed by atoms with Crippen molar-refractivity contribution in [1.82, 2.24) is 0 Å². The van der Waals surface area contributed by atoms with Crippen molar-refractivity contribution in [2.24, 2.45) is 0 Å². The summed E-state index contributed by atoms with van der Waals surface area (Å²) in [4.78, 5) is 61.7. The van der Waals surface area contributed by atoms with Gasteiger partial charge in [0.15, 0.2) is 5.75 Å². The Hall–Kier alpha value is -4.27. The Bertz CT molecular complexity index is 1120. The highest BCUT2D eigenvalue weighted by atomic mass is 16.5. The molecule has 9 heteroatoms. The van der Waals surface area contributed by atoms with Crippen LogP contribution in [0.2, 0.25) is 0 Å². The molecule has 0 atom stereocenters. The zero-order chi connectivity index (χ0) is 22.1. The Labute approximate surface area is 176 Å². The number of benzene rings is 2. The van der Waals surface area contributed by atoms with Gasteiger partial charge in [-0.25, -0.2) is 9.80 Å². The normalized spacial score (nSPS) is 15.8. The van der Waals surface area contributed by atoms with Crippen LogP contribution in [-0.4, -0.2) is 29.6 Å². The molecule has 2 heterocycles. The van der Waals surface area contributed by atoms with Crippen molar-refractivity contribution in [2.75, 3.05) is 9.80 Å². The van der Waals surface area contributed by atoms with Gasteiger partial charge in [-0.1, -0.05) is 0 Å². The number of nitrogens with zero attached hydrogens (tertiary/aromatic N) is 2. The number of anilines is 2. The molecule has 2 aliphatic rings. The molecule has 2 aliphatic heterocycles. The Kier molecular flexibility index (Phi) is 5.08. The predicted molar refractivity (Wildman–Crippen MR) is 108 cm³/mol. The maximum absolute atomic E-state index is 12.3. The summed E-state index contributed by atoms with van der Waals surface area (Å²) in [6.45, 7) is 1.29. The van der Waals surface area contributed by atoms with Crippen LogP contribution >= 0.6 is 0 Å². The lowest BCUT2D eigenvalue weighted by Gasteiger charge is -2.22. The maximum Gasteiger partial charge on any atom is 0.308 e. The van der Waals surface area contributed by atoms with E-state index in [9.17, 15) is 24.0 Å². The minimum atomic E-state index is -0.523. The molecule has 0 spiro atoms. The molecule has 1 fully saturated rings. The summed E-state index contributed by atoms with van der Waals surface area (Å²) in [6, 6.07) is 10.5. The summed E-state index contributed by atoms with van der Waals surface area (Å²) < 4.78 is 10.8. The lowest BCUT2D eigenvalue weighted by Crippen LogP contribution is -2.31. The first kappa shape index (κ1) is 20.0. The minimum absolute atomic E-state index is 0.0582. The quantitative estimate of drug-likeness (QED) is 0.415. The van der Waals surface area contributed by atoms with Crippen molar-refractivity contribution in [3.05, 3.63) is 54.6 Å². The molecular weight excluding hydrogens is 404 g/mol. The Morgan fingerprint density at radius 3 is 1.97 bits per heavy atom. The maximum atomic E-state index is 12.3. The number of carbonyl (C=O) groups is 5. The molecule has 0 aliphatic carbocycles. The zero-order valence-corrected chi connectivity index (χ0v) is 16.4. The van der Waals surface area contributed by atoms with Crippen LogP contribution in [0.15, 0.2) is 54.6 Å². The van der Waals surface area contributed by atoms with Gasteiger partial charge in [0.2, 0.25) is 11.8 Å². The van der Waals surface area contributed by atoms with Crippen molar-refractivity contribution in [3.8, 4) is 17.2 Å². The third-order valence-corrected chi connectivity index (χ3v) is 4.62. The van der Waals surface area contributed by atoms with E-state index >= 15 is 0 Å². The fourth-order valence-corrected chi connectivity index (χ4v) is 3.27. The van der Waals surface area contributed by atoms with Gasteiger partial charge in [-0.05, 0) is 42.5 Å². The molecule has 1 saturated heterocycles. The van der Waals surface area contributed by atoms with Crippen LogP contribution in [-0.2, 0) is 24.0 Å². The van der Waals surface area contributed by atoms with Crippen LogP contribution in [0.5, 0.6) is 17.2 Å². The van der Waals surface area contributed by atoms with Crippen molar-refractivity contribution in [2.45, 2.75) is 19.8 Å². The number of rotatable bonds is 5. The van der Waals surface area contributed by atoms with E-state index in [-0.39, 0.29) is 30.0 Å². The first-order chi connectivity index (χ1) is 14.8. The van der Waals surface area contributed by atoms with Gasteiger partial charge < -0.3 is 9.47 Å². The molecule has 2 aromatic carbocycles. The second-order valence-corrected chi connectivity index (χ2v) is 6.79. The minimum Gasteiger partial charge on any atom is -0.455 e. The fourth-order valence-electron chi connectivity index (χ4n) is 3.27. The number of amides is 4. The highest BCUT2D eigenvalue weighted by Crippen LogP contribution is 2.39. The molecule has 9 nitrogen and oxygen atoms in total. The van der Waals surface area contributed by atoms with Crippen molar-refractivity contribution in [3.63, 3.8) is 0 Å². The molecule has 0 aromatic heterocycles. The fraction of sp³-hybridized carbons (Fsp3) is 0.136. The highest BCUT2D eigenvalue weighted by Gasteiger charge is 2.34. The molecule has 4 amide bonds. The van der Waals surface area contributed by atoms with Gasteiger partial charge in [-0.2, -0.15) is 0 Å². The summed E-state index contributed by atoms with van der Waals surface area (Å²) in [5.41, 5.74) is 0.335. The number of esters is 1. The lowest BCUT2D eigenvalue weighted by molar-refractivity contribution is -0.132.